The minimum atomic E-state index is -3.50. The third-order valence-electron chi connectivity index (χ3n) is 4.17. The predicted molar refractivity (Wildman–Crippen MR) is 86.6 cm³/mol. The molecule has 114 valence electrons. The molecule has 4 nitrogen and oxygen atoms in total. The molecule has 1 N–H and O–H groups in total. The van der Waals surface area contributed by atoms with Crippen LogP contribution in [0, 0.1) is 0 Å². The molecule has 1 aliphatic heterocycles. The van der Waals surface area contributed by atoms with Crippen molar-refractivity contribution in [3.63, 3.8) is 0 Å². The third-order valence-corrected chi connectivity index (χ3v) is 5.90. The maximum atomic E-state index is 12.0. The summed E-state index contributed by atoms with van der Waals surface area (Å²) in [7, 11) is -4.72. The Bertz CT molecular complexity index is 804. The van der Waals surface area contributed by atoms with Crippen molar-refractivity contribution in [3.8, 4) is 0 Å². The molecule has 0 radical (unpaired) electrons. The fraction of sp³-hybridized carbons (Fsp3) is 0.250. The number of hydrogen-bond donors (Lipinski definition) is 1. The van der Waals surface area contributed by atoms with Gasteiger partial charge in [-0.1, -0.05) is 48.5 Å². The molecule has 2 aromatic rings. The highest BCUT2D eigenvalue weighted by atomic mass is 32.2. The van der Waals surface area contributed by atoms with Crippen molar-refractivity contribution < 1.29 is 18.1 Å². The Balaban J connectivity index is 2.00. The van der Waals surface area contributed by atoms with E-state index in [2.05, 4.69) is 0 Å². The van der Waals surface area contributed by atoms with Crippen LogP contribution in [0.5, 0.6) is 0 Å². The summed E-state index contributed by atoms with van der Waals surface area (Å²) < 4.78 is 29.4. The quantitative estimate of drug-likeness (QED) is 0.865. The van der Waals surface area contributed by atoms with E-state index in [0.29, 0.717) is 11.0 Å². The van der Waals surface area contributed by atoms with Crippen molar-refractivity contribution in [2.45, 2.75) is 18.3 Å². The molecule has 3 rings (SSSR count). The predicted octanol–water partition coefficient (Wildman–Crippen LogP) is 1.21. The van der Waals surface area contributed by atoms with Crippen LogP contribution in [-0.4, -0.2) is 26.8 Å². The molecule has 1 unspecified atom stereocenters. The van der Waals surface area contributed by atoms with E-state index in [1.54, 1.807) is 6.07 Å². The van der Waals surface area contributed by atoms with Crippen LogP contribution in [0.25, 0.3) is 0 Å². The highest BCUT2D eigenvalue weighted by Crippen LogP contribution is 2.35. The van der Waals surface area contributed by atoms with E-state index in [-0.39, 0.29) is 0 Å². The average molecular weight is 316 g/mol. The molecule has 0 fully saturated rings. The topological polar surface area (TPSA) is 63.6 Å². The zero-order valence-electron chi connectivity index (χ0n) is 12.5. The first-order chi connectivity index (χ1) is 10.3. The second-order valence-electron chi connectivity index (χ2n) is 5.77. The smallest absolute Gasteiger partial charge is 0.423 e. The van der Waals surface area contributed by atoms with E-state index in [4.69, 9.17) is 4.65 Å². The van der Waals surface area contributed by atoms with Crippen LogP contribution in [-0.2, 0) is 25.8 Å². The van der Waals surface area contributed by atoms with Crippen LogP contribution in [0.2, 0.25) is 0 Å². The Morgan fingerprint density at radius 2 is 1.82 bits per heavy atom. The van der Waals surface area contributed by atoms with E-state index >= 15 is 0 Å². The van der Waals surface area contributed by atoms with Crippen molar-refractivity contribution >= 4 is 22.4 Å². The Hall–Kier alpha value is -1.63. The summed E-state index contributed by atoms with van der Waals surface area (Å²) in [5.74, 6) is 0. The second-order valence-corrected chi connectivity index (χ2v) is 8.10. The van der Waals surface area contributed by atoms with Crippen molar-refractivity contribution in [2.24, 2.45) is 0 Å². The molecule has 0 bridgehead atoms. The maximum Gasteiger partial charge on any atom is 0.492 e. The molecule has 0 saturated carbocycles. The van der Waals surface area contributed by atoms with Gasteiger partial charge in [-0.15, -0.1) is 0 Å². The first-order valence-electron chi connectivity index (χ1n) is 7.04. The molecule has 2 aromatic carbocycles. The lowest BCUT2D eigenvalue weighted by atomic mass is 9.78. The average Bonchev–Trinajstić information content (AvgIpc) is 2.72. The second kappa shape index (κ2) is 5.23. The fourth-order valence-electron chi connectivity index (χ4n) is 2.80. The van der Waals surface area contributed by atoms with Crippen molar-refractivity contribution in [1.82, 2.24) is 0 Å². The highest BCUT2D eigenvalue weighted by molar-refractivity contribution is 7.91. The summed E-state index contributed by atoms with van der Waals surface area (Å²) in [6, 6.07) is 15.4. The molecular weight excluding hydrogens is 299 g/mol. The maximum absolute atomic E-state index is 12.0. The van der Waals surface area contributed by atoms with Crippen LogP contribution < -0.4 is 5.46 Å². The molecule has 0 aromatic heterocycles. The highest BCUT2D eigenvalue weighted by Gasteiger charge is 2.50. The minimum absolute atomic E-state index is 0.513. The van der Waals surface area contributed by atoms with Gasteiger partial charge in [0.15, 0.2) is 14.8 Å². The largest absolute Gasteiger partial charge is 0.492 e. The van der Waals surface area contributed by atoms with Crippen LogP contribution in [0.1, 0.15) is 23.6 Å². The number of hydrogen-bond acceptors (Lipinski definition) is 4. The van der Waals surface area contributed by atoms with E-state index in [1.165, 1.54) is 6.92 Å². The number of sulfone groups is 1. The van der Waals surface area contributed by atoms with Gasteiger partial charge in [-0.25, -0.2) is 8.42 Å². The van der Waals surface area contributed by atoms with Crippen LogP contribution in [0.15, 0.2) is 48.5 Å². The molecule has 1 aliphatic rings. The molecule has 1 atom stereocenters. The summed E-state index contributed by atoms with van der Waals surface area (Å²) in [6.07, 6.45) is 1.84. The summed E-state index contributed by atoms with van der Waals surface area (Å²) >= 11 is 0. The van der Waals surface area contributed by atoms with Crippen LogP contribution in [0.4, 0.5) is 0 Å². The van der Waals surface area contributed by atoms with E-state index in [1.807, 2.05) is 42.5 Å². The van der Waals surface area contributed by atoms with E-state index < -0.39 is 21.9 Å². The van der Waals surface area contributed by atoms with Gasteiger partial charge < -0.3 is 9.68 Å². The summed E-state index contributed by atoms with van der Waals surface area (Å²) in [5.41, 5.74) is 3.20. The molecule has 0 saturated heterocycles. The molecule has 1 heterocycles. The van der Waals surface area contributed by atoms with Gasteiger partial charge in [0.25, 0.3) is 0 Å². The zero-order valence-corrected chi connectivity index (χ0v) is 13.3. The fourth-order valence-corrected chi connectivity index (χ4v) is 3.65. The van der Waals surface area contributed by atoms with Gasteiger partial charge in [0.05, 0.1) is 0 Å². The van der Waals surface area contributed by atoms with Gasteiger partial charge in [0.2, 0.25) is 0 Å². The van der Waals surface area contributed by atoms with Gasteiger partial charge in [0, 0.05) is 6.26 Å². The molecule has 22 heavy (non-hydrogen) atoms. The Morgan fingerprint density at radius 1 is 1.14 bits per heavy atom. The number of rotatable bonds is 3. The third kappa shape index (κ3) is 2.47. The van der Waals surface area contributed by atoms with Gasteiger partial charge in [-0.3, -0.25) is 0 Å². The van der Waals surface area contributed by atoms with Gasteiger partial charge in [-0.2, -0.15) is 0 Å². The summed E-state index contributed by atoms with van der Waals surface area (Å²) in [6.45, 7) is 1.48. The summed E-state index contributed by atoms with van der Waals surface area (Å²) in [4.78, 5) is -1.49. The molecular formula is C16H17BO4S. The molecule has 6 heteroatoms. The SMILES string of the molecule is CC1(S(C)(=O)=O)OB(O)c2cc(Cc3ccccc3)ccc21. The molecule has 0 aliphatic carbocycles. The van der Waals surface area contributed by atoms with E-state index in [9.17, 15) is 13.4 Å². The standard InChI is InChI=1S/C16H17BO4S/c1-16(22(2,19)20)14-9-8-13(11-15(14)17(18)21-16)10-12-6-4-3-5-7-12/h3-9,11,18H,10H2,1-2H3. The van der Waals surface area contributed by atoms with Crippen molar-refractivity contribution in [1.29, 1.82) is 0 Å². The number of benzene rings is 2. The van der Waals surface area contributed by atoms with Gasteiger partial charge >= 0.3 is 7.12 Å². The van der Waals surface area contributed by atoms with Crippen molar-refractivity contribution in [3.05, 3.63) is 65.2 Å². The van der Waals surface area contributed by atoms with E-state index in [0.717, 1.165) is 23.8 Å². The first-order valence-corrected chi connectivity index (χ1v) is 8.93. The minimum Gasteiger partial charge on any atom is -0.423 e. The van der Waals surface area contributed by atoms with Gasteiger partial charge in [0.1, 0.15) is 0 Å². The lowest BCUT2D eigenvalue weighted by Gasteiger charge is -2.23. The zero-order chi connectivity index (χ0) is 16.0. The lowest BCUT2D eigenvalue weighted by molar-refractivity contribution is 0.162. The van der Waals surface area contributed by atoms with Crippen LogP contribution in [0.3, 0.4) is 0 Å². The Morgan fingerprint density at radius 3 is 2.45 bits per heavy atom. The Labute approximate surface area is 130 Å². The van der Waals surface area contributed by atoms with Gasteiger partial charge in [-0.05, 0) is 35.5 Å². The van der Waals surface area contributed by atoms with Crippen LogP contribution >= 0.6 is 0 Å². The molecule has 0 spiro atoms. The normalized spacial score (nSPS) is 21.0. The Kier molecular flexibility index (Phi) is 3.63. The van der Waals surface area contributed by atoms with Crippen molar-refractivity contribution in [2.75, 3.05) is 6.26 Å². The monoisotopic (exact) mass is 316 g/mol. The number of fused-ring (bicyclic) bond motifs is 1. The lowest BCUT2D eigenvalue weighted by Crippen LogP contribution is -2.33. The summed E-state index contributed by atoms with van der Waals surface area (Å²) in [5, 5.41) is 10.1. The first kappa shape index (κ1) is 15.3. The molecule has 0 amide bonds.